The molecule has 0 atom stereocenters. The van der Waals surface area contributed by atoms with Gasteiger partial charge in [-0.1, -0.05) is 24.6 Å². The van der Waals surface area contributed by atoms with Gasteiger partial charge in [-0.2, -0.15) is 0 Å². The molecule has 22 heavy (non-hydrogen) atoms. The van der Waals surface area contributed by atoms with Gasteiger partial charge >= 0.3 is 0 Å². The van der Waals surface area contributed by atoms with Crippen LogP contribution in [0.2, 0.25) is 5.02 Å². The van der Waals surface area contributed by atoms with Gasteiger partial charge in [0.25, 0.3) is 5.69 Å². The van der Waals surface area contributed by atoms with E-state index in [1.165, 1.54) is 12.1 Å². The van der Waals surface area contributed by atoms with Crippen LogP contribution >= 0.6 is 11.6 Å². The summed E-state index contributed by atoms with van der Waals surface area (Å²) in [5.74, 6) is 0.683. The minimum absolute atomic E-state index is 0.0750. The topological polar surface area (TPSA) is 64.4 Å². The highest BCUT2D eigenvalue weighted by molar-refractivity contribution is 6.32. The van der Waals surface area contributed by atoms with E-state index in [4.69, 9.17) is 16.3 Å². The summed E-state index contributed by atoms with van der Waals surface area (Å²) in [5.41, 5.74) is 1.89. The van der Waals surface area contributed by atoms with Crippen molar-refractivity contribution in [2.24, 2.45) is 0 Å². The summed E-state index contributed by atoms with van der Waals surface area (Å²) in [6.45, 7) is 3.25. The monoisotopic (exact) mass is 320 g/mol. The Kier molecular flexibility index (Phi) is 5.61. The largest absolute Gasteiger partial charge is 0.492 e. The van der Waals surface area contributed by atoms with Gasteiger partial charge in [-0.15, -0.1) is 0 Å². The fourth-order valence-corrected chi connectivity index (χ4v) is 2.15. The van der Waals surface area contributed by atoms with Crippen LogP contribution in [0.25, 0.3) is 0 Å². The highest BCUT2D eigenvalue weighted by Gasteiger charge is 2.05. The molecule has 0 amide bonds. The molecule has 0 unspecified atom stereocenters. The maximum atomic E-state index is 10.6. The molecular formula is C16H17ClN2O3. The number of hydrogen-bond acceptors (Lipinski definition) is 4. The average Bonchev–Trinajstić information content (AvgIpc) is 2.52. The number of nitrogens with zero attached hydrogens (tertiary/aromatic N) is 1. The zero-order valence-corrected chi connectivity index (χ0v) is 13.0. The van der Waals surface area contributed by atoms with Crippen molar-refractivity contribution in [3.05, 3.63) is 63.2 Å². The van der Waals surface area contributed by atoms with Gasteiger partial charge < -0.3 is 10.1 Å². The summed E-state index contributed by atoms with van der Waals surface area (Å²) < 4.78 is 5.52. The SMILES string of the molecule is CCCOc1ccc(CNc2ccc([N+](=O)[O-])cc2)cc1Cl. The van der Waals surface area contributed by atoms with Gasteiger partial charge in [0.1, 0.15) is 5.75 Å². The molecule has 2 aromatic carbocycles. The zero-order valence-electron chi connectivity index (χ0n) is 12.2. The Bertz CT molecular complexity index is 644. The van der Waals surface area contributed by atoms with Gasteiger partial charge in [0.05, 0.1) is 16.6 Å². The van der Waals surface area contributed by atoms with Crippen LogP contribution in [0.5, 0.6) is 5.75 Å². The number of benzene rings is 2. The van der Waals surface area contributed by atoms with Crippen molar-refractivity contribution in [2.45, 2.75) is 19.9 Å². The van der Waals surface area contributed by atoms with E-state index in [2.05, 4.69) is 5.32 Å². The summed E-state index contributed by atoms with van der Waals surface area (Å²) in [5, 5.41) is 14.4. The van der Waals surface area contributed by atoms with Crippen LogP contribution in [0.3, 0.4) is 0 Å². The van der Waals surface area contributed by atoms with E-state index in [9.17, 15) is 10.1 Å². The molecule has 2 aromatic rings. The maximum Gasteiger partial charge on any atom is 0.269 e. The summed E-state index contributed by atoms with van der Waals surface area (Å²) in [4.78, 5) is 10.2. The molecular weight excluding hydrogens is 304 g/mol. The van der Waals surface area contributed by atoms with Gasteiger partial charge in [-0.25, -0.2) is 0 Å². The number of ether oxygens (including phenoxy) is 1. The first kappa shape index (κ1) is 16.1. The normalized spacial score (nSPS) is 10.3. The lowest BCUT2D eigenvalue weighted by Gasteiger charge is -2.10. The molecule has 0 aliphatic heterocycles. The number of nitro groups is 1. The number of hydrogen-bond donors (Lipinski definition) is 1. The Balaban J connectivity index is 1.96. The Labute approximate surface area is 134 Å². The summed E-state index contributed by atoms with van der Waals surface area (Å²) in [6.07, 6.45) is 0.930. The standard InChI is InChI=1S/C16H17ClN2O3/c1-2-9-22-16-8-3-12(10-15(16)17)11-18-13-4-6-14(7-5-13)19(20)21/h3-8,10,18H,2,9,11H2,1H3. The second-order valence-electron chi connectivity index (χ2n) is 4.77. The predicted molar refractivity (Wildman–Crippen MR) is 87.7 cm³/mol. The van der Waals surface area contributed by atoms with Gasteiger partial charge in [-0.3, -0.25) is 10.1 Å². The summed E-state index contributed by atoms with van der Waals surface area (Å²) in [7, 11) is 0. The van der Waals surface area contributed by atoms with Crippen molar-refractivity contribution in [2.75, 3.05) is 11.9 Å². The Hall–Kier alpha value is -2.27. The minimum atomic E-state index is -0.418. The molecule has 0 aliphatic rings. The Morgan fingerprint density at radius 2 is 1.95 bits per heavy atom. The van der Waals surface area contributed by atoms with E-state index < -0.39 is 4.92 Å². The zero-order chi connectivity index (χ0) is 15.9. The maximum absolute atomic E-state index is 10.6. The first-order chi connectivity index (χ1) is 10.6. The van der Waals surface area contributed by atoms with Crippen LogP contribution < -0.4 is 10.1 Å². The number of rotatable bonds is 7. The molecule has 2 rings (SSSR count). The van der Waals surface area contributed by atoms with E-state index in [0.29, 0.717) is 23.9 Å². The minimum Gasteiger partial charge on any atom is -0.492 e. The fraction of sp³-hybridized carbons (Fsp3) is 0.250. The molecule has 5 nitrogen and oxygen atoms in total. The smallest absolute Gasteiger partial charge is 0.269 e. The average molecular weight is 321 g/mol. The van der Waals surface area contributed by atoms with E-state index in [-0.39, 0.29) is 5.69 Å². The lowest BCUT2D eigenvalue weighted by atomic mass is 10.2. The molecule has 0 fully saturated rings. The number of nitro benzene ring substituents is 1. The summed E-state index contributed by atoms with van der Waals surface area (Å²) in [6, 6.07) is 11.9. The second kappa shape index (κ2) is 7.66. The number of halogens is 1. The molecule has 0 saturated heterocycles. The predicted octanol–water partition coefficient (Wildman–Crippen LogP) is 4.65. The van der Waals surface area contributed by atoms with Gasteiger partial charge in [0.2, 0.25) is 0 Å². The molecule has 116 valence electrons. The first-order valence-electron chi connectivity index (χ1n) is 6.99. The van der Waals surface area contributed by atoms with E-state index in [1.807, 2.05) is 25.1 Å². The van der Waals surface area contributed by atoms with Gasteiger partial charge in [-0.05, 0) is 36.2 Å². The molecule has 0 bridgehead atoms. The lowest BCUT2D eigenvalue weighted by molar-refractivity contribution is -0.384. The molecule has 1 N–H and O–H groups in total. The van der Waals surface area contributed by atoms with Crippen molar-refractivity contribution in [1.82, 2.24) is 0 Å². The van der Waals surface area contributed by atoms with Crippen LogP contribution in [0.4, 0.5) is 11.4 Å². The van der Waals surface area contributed by atoms with Gasteiger partial charge in [0.15, 0.2) is 0 Å². The Morgan fingerprint density at radius 1 is 1.23 bits per heavy atom. The quantitative estimate of drug-likeness (QED) is 0.595. The van der Waals surface area contributed by atoms with Crippen molar-refractivity contribution in [3.8, 4) is 5.75 Å². The van der Waals surface area contributed by atoms with Crippen LogP contribution in [-0.4, -0.2) is 11.5 Å². The van der Waals surface area contributed by atoms with E-state index in [0.717, 1.165) is 17.7 Å². The molecule has 0 radical (unpaired) electrons. The second-order valence-corrected chi connectivity index (χ2v) is 5.18. The molecule has 0 aliphatic carbocycles. The van der Waals surface area contributed by atoms with Crippen molar-refractivity contribution in [3.63, 3.8) is 0 Å². The number of anilines is 1. The van der Waals surface area contributed by atoms with Gasteiger partial charge in [0, 0.05) is 24.4 Å². The highest BCUT2D eigenvalue weighted by Crippen LogP contribution is 2.26. The molecule has 0 aromatic heterocycles. The third-order valence-corrected chi connectivity index (χ3v) is 3.33. The van der Waals surface area contributed by atoms with Crippen LogP contribution in [0, 0.1) is 10.1 Å². The fourth-order valence-electron chi connectivity index (χ4n) is 1.89. The molecule has 6 heteroatoms. The third kappa shape index (κ3) is 4.36. The van der Waals surface area contributed by atoms with Crippen molar-refractivity contribution >= 4 is 23.0 Å². The molecule has 0 spiro atoms. The van der Waals surface area contributed by atoms with Crippen LogP contribution in [0.15, 0.2) is 42.5 Å². The molecule has 0 saturated carbocycles. The van der Waals surface area contributed by atoms with E-state index >= 15 is 0 Å². The summed E-state index contributed by atoms with van der Waals surface area (Å²) >= 11 is 6.17. The highest BCUT2D eigenvalue weighted by atomic mass is 35.5. The molecule has 0 heterocycles. The van der Waals surface area contributed by atoms with Crippen molar-refractivity contribution < 1.29 is 9.66 Å². The number of nitrogens with one attached hydrogen (secondary N) is 1. The first-order valence-corrected chi connectivity index (χ1v) is 7.37. The van der Waals surface area contributed by atoms with E-state index in [1.54, 1.807) is 12.1 Å². The number of non-ortho nitro benzene ring substituents is 1. The third-order valence-electron chi connectivity index (χ3n) is 3.03. The van der Waals surface area contributed by atoms with Crippen LogP contribution in [0.1, 0.15) is 18.9 Å². The van der Waals surface area contributed by atoms with Crippen molar-refractivity contribution in [1.29, 1.82) is 0 Å². The Morgan fingerprint density at radius 3 is 2.55 bits per heavy atom. The van der Waals surface area contributed by atoms with Crippen LogP contribution in [-0.2, 0) is 6.54 Å². The lowest BCUT2D eigenvalue weighted by Crippen LogP contribution is -2.01.